The predicted octanol–water partition coefficient (Wildman–Crippen LogP) is 0.399. The highest BCUT2D eigenvalue weighted by molar-refractivity contribution is 7.13. The summed E-state index contributed by atoms with van der Waals surface area (Å²) in [5, 5.41) is 19.9. The number of carbonyl (C=O) groups excluding carboxylic acids is 1. The van der Waals surface area contributed by atoms with Crippen LogP contribution in [0.5, 0.6) is 5.75 Å². The van der Waals surface area contributed by atoms with Crippen molar-refractivity contribution >= 4 is 35.5 Å². The van der Waals surface area contributed by atoms with Gasteiger partial charge >= 0.3 is 7.12 Å². The maximum absolute atomic E-state index is 12.5. The molecule has 0 saturated carbocycles. The second kappa shape index (κ2) is 7.25. The Morgan fingerprint density at radius 2 is 1.83 bits per heavy atom. The molecule has 126 valence electrons. The lowest BCUT2D eigenvalue weighted by molar-refractivity contribution is 0.0751. The van der Waals surface area contributed by atoms with Crippen molar-refractivity contribution in [2.75, 3.05) is 38.2 Å². The van der Waals surface area contributed by atoms with Gasteiger partial charge in [0.1, 0.15) is 5.75 Å². The van der Waals surface area contributed by atoms with Crippen LogP contribution in [0.2, 0.25) is 0 Å². The van der Waals surface area contributed by atoms with Crippen molar-refractivity contribution in [3.63, 3.8) is 0 Å². The zero-order valence-electron chi connectivity index (χ0n) is 13.4. The molecule has 0 atom stereocenters. The minimum atomic E-state index is -1.53. The number of hydrogen-bond acceptors (Lipinski definition) is 6. The third-order valence-corrected chi connectivity index (χ3v) is 5.07. The minimum Gasteiger partial charge on any atom is -0.497 e. The highest BCUT2D eigenvalue weighted by Crippen LogP contribution is 2.21. The van der Waals surface area contributed by atoms with Crippen LogP contribution in [0.25, 0.3) is 0 Å². The summed E-state index contributed by atoms with van der Waals surface area (Å²) in [6.45, 7) is 2.80. The molecule has 0 unspecified atom stereocenters. The molecular formula is C16H19BN2O4S. The zero-order valence-corrected chi connectivity index (χ0v) is 14.2. The average Bonchev–Trinajstić information content (AvgIpc) is 3.12. The SMILES string of the molecule is COc1ccc(N2CCN(C(=O)c3cc(B(O)O)cs3)CC2)cc1. The summed E-state index contributed by atoms with van der Waals surface area (Å²) in [6.07, 6.45) is 0. The van der Waals surface area contributed by atoms with Crippen molar-refractivity contribution in [3.05, 3.63) is 40.6 Å². The van der Waals surface area contributed by atoms with Gasteiger partial charge in [-0.3, -0.25) is 4.79 Å². The van der Waals surface area contributed by atoms with E-state index in [0.29, 0.717) is 23.4 Å². The topological polar surface area (TPSA) is 73.2 Å². The fourth-order valence-electron chi connectivity index (χ4n) is 2.72. The summed E-state index contributed by atoms with van der Waals surface area (Å²) >= 11 is 1.24. The van der Waals surface area contributed by atoms with Crippen LogP contribution in [0.15, 0.2) is 35.7 Å². The third kappa shape index (κ3) is 3.56. The molecule has 6 nitrogen and oxygen atoms in total. The van der Waals surface area contributed by atoms with Crippen LogP contribution in [-0.2, 0) is 0 Å². The number of ether oxygens (including phenoxy) is 1. The fraction of sp³-hybridized carbons (Fsp3) is 0.312. The molecule has 8 heteroatoms. The van der Waals surface area contributed by atoms with Crippen molar-refractivity contribution in [3.8, 4) is 5.75 Å². The van der Waals surface area contributed by atoms with Crippen LogP contribution in [0.3, 0.4) is 0 Å². The molecule has 1 aromatic heterocycles. The molecule has 24 heavy (non-hydrogen) atoms. The predicted molar refractivity (Wildman–Crippen MR) is 95.3 cm³/mol. The molecule has 2 N–H and O–H groups in total. The number of methoxy groups -OCH3 is 1. The number of thiophene rings is 1. The first-order chi connectivity index (χ1) is 11.6. The van der Waals surface area contributed by atoms with Gasteiger partial charge in [0.15, 0.2) is 0 Å². The minimum absolute atomic E-state index is 0.0544. The Labute approximate surface area is 145 Å². The zero-order chi connectivity index (χ0) is 17.1. The van der Waals surface area contributed by atoms with Crippen LogP contribution in [0.1, 0.15) is 9.67 Å². The molecule has 1 aliphatic rings. The van der Waals surface area contributed by atoms with Gasteiger partial charge in [-0.2, -0.15) is 0 Å². The lowest BCUT2D eigenvalue weighted by Gasteiger charge is -2.36. The molecule has 1 saturated heterocycles. The van der Waals surface area contributed by atoms with Gasteiger partial charge < -0.3 is 24.6 Å². The second-order valence-electron chi connectivity index (χ2n) is 5.60. The molecular weight excluding hydrogens is 327 g/mol. The van der Waals surface area contributed by atoms with Crippen LogP contribution in [-0.4, -0.2) is 61.3 Å². The molecule has 1 aromatic carbocycles. The summed E-state index contributed by atoms with van der Waals surface area (Å²) in [6, 6.07) is 9.45. The first-order valence-corrected chi connectivity index (χ1v) is 8.59. The van der Waals surface area contributed by atoms with E-state index in [2.05, 4.69) is 4.90 Å². The number of carbonyl (C=O) groups is 1. The first-order valence-electron chi connectivity index (χ1n) is 7.71. The molecule has 1 amide bonds. The molecule has 2 heterocycles. The maximum atomic E-state index is 12.5. The van der Waals surface area contributed by atoms with Crippen LogP contribution in [0.4, 0.5) is 5.69 Å². The Morgan fingerprint density at radius 3 is 2.38 bits per heavy atom. The normalized spacial score (nSPS) is 14.6. The molecule has 1 fully saturated rings. The van der Waals surface area contributed by atoms with E-state index >= 15 is 0 Å². The first kappa shape index (κ1) is 16.8. The van der Waals surface area contributed by atoms with E-state index in [0.717, 1.165) is 24.5 Å². The second-order valence-corrected chi connectivity index (χ2v) is 6.51. The number of nitrogens with zero attached hydrogens (tertiary/aromatic N) is 2. The van der Waals surface area contributed by atoms with E-state index in [-0.39, 0.29) is 5.91 Å². The Balaban J connectivity index is 1.60. The van der Waals surface area contributed by atoms with Gasteiger partial charge in [-0.05, 0) is 41.2 Å². The van der Waals surface area contributed by atoms with Gasteiger partial charge in [0.25, 0.3) is 5.91 Å². The van der Waals surface area contributed by atoms with E-state index < -0.39 is 7.12 Å². The van der Waals surface area contributed by atoms with Crippen LogP contribution in [0, 0.1) is 0 Å². The van der Waals surface area contributed by atoms with E-state index in [1.54, 1.807) is 23.5 Å². The maximum Gasteiger partial charge on any atom is 0.489 e. The Hall–Kier alpha value is -2.03. The summed E-state index contributed by atoms with van der Waals surface area (Å²) < 4.78 is 5.17. The van der Waals surface area contributed by atoms with Crippen molar-refractivity contribution in [2.24, 2.45) is 0 Å². The molecule has 3 rings (SSSR count). The Bertz CT molecular complexity index is 696. The third-order valence-electron chi connectivity index (χ3n) is 4.13. The van der Waals surface area contributed by atoms with Crippen LogP contribution < -0.4 is 15.1 Å². The Kier molecular flexibility index (Phi) is 5.08. The molecule has 0 spiro atoms. The fourth-order valence-corrected chi connectivity index (χ4v) is 3.60. The van der Waals surface area contributed by atoms with Gasteiger partial charge in [0.05, 0.1) is 12.0 Å². The van der Waals surface area contributed by atoms with Crippen molar-refractivity contribution in [1.82, 2.24) is 4.90 Å². The average molecular weight is 346 g/mol. The number of benzene rings is 1. The summed E-state index contributed by atoms with van der Waals surface area (Å²) in [4.78, 5) is 17.1. The lowest BCUT2D eigenvalue weighted by Crippen LogP contribution is -2.48. The molecule has 1 aliphatic heterocycles. The monoisotopic (exact) mass is 346 g/mol. The van der Waals surface area contributed by atoms with Gasteiger partial charge in [0, 0.05) is 31.9 Å². The number of amides is 1. The van der Waals surface area contributed by atoms with E-state index in [4.69, 9.17) is 14.8 Å². The van der Waals surface area contributed by atoms with Gasteiger partial charge in [-0.15, -0.1) is 11.3 Å². The molecule has 0 bridgehead atoms. The number of piperazine rings is 1. The molecule has 0 radical (unpaired) electrons. The number of rotatable bonds is 4. The largest absolute Gasteiger partial charge is 0.497 e. The van der Waals surface area contributed by atoms with Crippen molar-refractivity contribution in [2.45, 2.75) is 0 Å². The quantitative estimate of drug-likeness (QED) is 0.784. The standard InChI is InChI=1S/C16H19BN2O4S/c1-23-14-4-2-13(3-5-14)18-6-8-19(9-7-18)16(20)15-10-12(11-24-15)17(21)22/h2-5,10-11,21-22H,6-9H2,1H3. The van der Waals surface area contributed by atoms with Crippen LogP contribution >= 0.6 is 11.3 Å². The van der Waals surface area contributed by atoms with Crippen molar-refractivity contribution < 1.29 is 19.6 Å². The van der Waals surface area contributed by atoms with Crippen molar-refractivity contribution in [1.29, 1.82) is 0 Å². The van der Waals surface area contributed by atoms with Gasteiger partial charge in [-0.25, -0.2) is 0 Å². The van der Waals surface area contributed by atoms with E-state index in [1.807, 2.05) is 24.3 Å². The number of anilines is 1. The summed E-state index contributed by atoms with van der Waals surface area (Å²) in [5.41, 5.74) is 1.48. The van der Waals surface area contributed by atoms with Gasteiger partial charge in [-0.1, -0.05) is 0 Å². The number of hydrogen-bond donors (Lipinski definition) is 2. The van der Waals surface area contributed by atoms with E-state index in [1.165, 1.54) is 11.3 Å². The lowest BCUT2D eigenvalue weighted by atomic mass is 9.82. The summed E-state index contributed by atoms with van der Waals surface area (Å²) in [7, 11) is 0.111. The molecule has 0 aliphatic carbocycles. The van der Waals surface area contributed by atoms with Gasteiger partial charge in [0.2, 0.25) is 0 Å². The molecule has 2 aromatic rings. The highest BCUT2D eigenvalue weighted by atomic mass is 32.1. The van der Waals surface area contributed by atoms with E-state index in [9.17, 15) is 4.79 Å². The smallest absolute Gasteiger partial charge is 0.489 e. The Morgan fingerprint density at radius 1 is 1.17 bits per heavy atom. The highest BCUT2D eigenvalue weighted by Gasteiger charge is 2.24. The summed E-state index contributed by atoms with van der Waals surface area (Å²) in [5.74, 6) is 0.772.